The molecule has 6 nitrogen and oxygen atoms in total. The summed E-state index contributed by atoms with van der Waals surface area (Å²) in [4.78, 5) is 12.4. The first kappa shape index (κ1) is 17.8. The number of hydrogen-bond acceptors (Lipinski definition) is 3. The van der Waals surface area contributed by atoms with Crippen molar-refractivity contribution < 1.29 is 9.18 Å². The SMILES string of the molecule is Cl.N/N=C(\N)c1c(-c2ccc(F)cc2)n2c3c(cccc13)C(=O)NCC2. The topological polar surface area (TPSA) is 98.4 Å². The summed E-state index contributed by atoms with van der Waals surface area (Å²) in [6.07, 6.45) is 0. The molecule has 1 aliphatic heterocycles. The number of nitrogens with zero attached hydrogens (tertiary/aromatic N) is 2. The summed E-state index contributed by atoms with van der Waals surface area (Å²) in [6.45, 7) is 1.04. The van der Waals surface area contributed by atoms with E-state index in [2.05, 4.69) is 10.4 Å². The van der Waals surface area contributed by atoms with Crippen LogP contribution >= 0.6 is 12.4 Å². The molecule has 0 saturated heterocycles. The fraction of sp³-hybridized carbons (Fsp3) is 0.111. The van der Waals surface area contributed by atoms with Gasteiger partial charge >= 0.3 is 0 Å². The number of amides is 1. The highest BCUT2D eigenvalue weighted by atomic mass is 35.5. The standard InChI is InChI=1S/C18H16FN5O.ClH/c19-11-6-4-10(5-7-11)15-14(17(20)23-21)12-2-1-3-13-16(12)24(15)9-8-22-18(13)25;/h1-7H,8-9,21H2,(H2,20,23)(H,22,25);1H. The van der Waals surface area contributed by atoms with Crippen molar-refractivity contribution in [2.24, 2.45) is 16.7 Å². The van der Waals surface area contributed by atoms with E-state index in [0.717, 1.165) is 22.2 Å². The van der Waals surface area contributed by atoms with Crippen LogP contribution in [-0.4, -0.2) is 22.9 Å². The van der Waals surface area contributed by atoms with Crippen LogP contribution < -0.4 is 16.9 Å². The Morgan fingerprint density at radius 1 is 1.19 bits per heavy atom. The zero-order valence-electron chi connectivity index (χ0n) is 13.7. The lowest BCUT2D eigenvalue weighted by Crippen LogP contribution is -2.24. The molecule has 5 N–H and O–H groups in total. The third-order valence-electron chi connectivity index (χ3n) is 4.46. The zero-order valence-corrected chi connectivity index (χ0v) is 14.5. The van der Waals surface area contributed by atoms with Crippen molar-refractivity contribution in [1.82, 2.24) is 9.88 Å². The van der Waals surface area contributed by atoms with Crippen LogP contribution in [0.15, 0.2) is 47.6 Å². The van der Waals surface area contributed by atoms with Gasteiger partial charge in [-0.25, -0.2) is 4.39 Å². The van der Waals surface area contributed by atoms with Gasteiger partial charge in [-0.2, -0.15) is 5.10 Å². The zero-order chi connectivity index (χ0) is 17.6. The van der Waals surface area contributed by atoms with Crippen molar-refractivity contribution in [2.45, 2.75) is 6.54 Å². The van der Waals surface area contributed by atoms with Gasteiger partial charge in [0.05, 0.1) is 22.3 Å². The van der Waals surface area contributed by atoms with E-state index in [1.54, 1.807) is 24.3 Å². The second-order valence-electron chi connectivity index (χ2n) is 5.85. The number of carbonyl (C=O) groups excluding carboxylic acids is 1. The highest BCUT2D eigenvalue weighted by Crippen LogP contribution is 2.36. The minimum atomic E-state index is -0.324. The molecule has 8 heteroatoms. The number of hydrogen-bond donors (Lipinski definition) is 3. The highest BCUT2D eigenvalue weighted by molar-refractivity contribution is 6.18. The largest absolute Gasteiger partial charge is 0.382 e. The number of halogens is 2. The van der Waals surface area contributed by atoms with Crippen LogP contribution in [0.3, 0.4) is 0 Å². The number of benzene rings is 2. The Hall–Kier alpha value is -3.06. The molecule has 0 aliphatic carbocycles. The molecule has 3 aromatic rings. The van der Waals surface area contributed by atoms with Gasteiger partial charge in [0.15, 0.2) is 5.84 Å². The molecule has 2 aromatic carbocycles. The van der Waals surface area contributed by atoms with Crippen molar-refractivity contribution in [3.63, 3.8) is 0 Å². The van der Waals surface area contributed by atoms with Gasteiger partial charge in [0.25, 0.3) is 5.91 Å². The fourth-order valence-electron chi connectivity index (χ4n) is 3.43. The highest BCUT2D eigenvalue weighted by Gasteiger charge is 2.26. The summed E-state index contributed by atoms with van der Waals surface area (Å²) in [5, 5.41) is 7.33. The number of amidine groups is 1. The molecule has 0 atom stereocenters. The lowest BCUT2D eigenvalue weighted by molar-refractivity contribution is 0.0956. The van der Waals surface area contributed by atoms with Crippen molar-refractivity contribution in [3.8, 4) is 11.3 Å². The lowest BCUT2D eigenvalue weighted by atomic mass is 10.0. The molecule has 0 fully saturated rings. The van der Waals surface area contributed by atoms with E-state index in [1.165, 1.54) is 12.1 Å². The first-order valence-corrected chi connectivity index (χ1v) is 7.85. The van der Waals surface area contributed by atoms with E-state index in [9.17, 15) is 9.18 Å². The van der Waals surface area contributed by atoms with Gasteiger partial charge in [-0.1, -0.05) is 12.1 Å². The molecule has 0 unspecified atom stereocenters. The molecule has 0 spiro atoms. The van der Waals surface area contributed by atoms with Crippen LogP contribution in [0.1, 0.15) is 15.9 Å². The van der Waals surface area contributed by atoms with Crippen LogP contribution in [0.2, 0.25) is 0 Å². The first-order chi connectivity index (χ1) is 12.1. The van der Waals surface area contributed by atoms with Gasteiger partial charge in [0.1, 0.15) is 5.82 Å². The molecule has 134 valence electrons. The average molecular weight is 374 g/mol. The van der Waals surface area contributed by atoms with Gasteiger partial charge in [-0.3, -0.25) is 4.79 Å². The number of nitrogens with two attached hydrogens (primary N) is 2. The predicted molar refractivity (Wildman–Crippen MR) is 102 cm³/mol. The Bertz CT molecular complexity index is 1030. The summed E-state index contributed by atoms with van der Waals surface area (Å²) in [5.74, 6) is 5.15. The molecule has 4 rings (SSSR count). The van der Waals surface area contributed by atoms with Crippen LogP contribution in [0.4, 0.5) is 4.39 Å². The van der Waals surface area contributed by atoms with Crippen molar-refractivity contribution >= 4 is 35.1 Å². The fourth-order valence-corrected chi connectivity index (χ4v) is 3.43. The number of nitrogens with one attached hydrogen (secondary N) is 1. The normalized spacial score (nSPS) is 13.9. The molecule has 0 bridgehead atoms. The summed E-state index contributed by atoms with van der Waals surface area (Å²) in [5.41, 5.74) is 9.62. The maximum absolute atomic E-state index is 13.4. The van der Waals surface area contributed by atoms with Gasteiger partial charge in [-0.05, 0) is 35.9 Å². The molecular formula is C18H17ClFN5O. The Balaban J connectivity index is 0.00000196. The maximum Gasteiger partial charge on any atom is 0.253 e. The summed E-state index contributed by atoms with van der Waals surface area (Å²) in [7, 11) is 0. The van der Waals surface area contributed by atoms with E-state index in [-0.39, 0.29) is 30.0 Å². The van der Waals surface area contributed by atoms with E-state index in [4.69, 9.17) is 11.6 Å². The van der Waals surface area contributed by atoms with Gasteiger partial charge in [0.2, 0.25) is 0 Å². The van der Waals surface area contributed by atoms with Gasteiger partial charge < -0.3 is 21.5 Å². The molecule has 0 saturated carbocycles. The van der Waals surface area contributed by atoms with E-state index < -0.39 is 0 Å². The Kier molecular flexibility index (Phi) is 4.56. The number of hydrazone groups is 1. The summed E-state index contributed by atoms with van der Waals surface area (Å²) < 4.78 is 15.4. The minimum absolute atomic E-state index is 0. The molecule has 1 aromatic heterocycles. The van der Waals surface area contributed by atoms with Crippen LogP contribution in [0.5, 0.6) is 0 Å². The molecule has 26 heavy (non-hydrogen) atoms. The van der Waals surface area contributed by atoms with Crippen LogP contribution in [-0.2, 0) is 6.54 Å². The second kappa shape index (κ2) is 6.68. The van der Waals surface area contributed by atoms with E-state index >= 15 is 0 Å². The third kappa shape index (κ3) is 2.57. The summed E-state index contributed by atoms with van der Waals surface area (Å²) in [6, 6.07) is 11.6. The molecule has 1 amide bonds. The summed E-state index contributed by atoms with van der Waals surface area (Å²) >= 11 is 0. The number of carbonyl (C=O) groups is 1. The monoisotopic (exact) mass is 373 g/mol. The first-order valence-electron chi connectivity index (χ1n) is 7.85. The third-order valence-corrected chi connectivity index (χ3v) is 4.46. The quantitative estimate of drug-likeness (QED) is 0.278. The number of rotatable bonds is 2. The van der Waals surface area contributed by atoms with Gasteiger partial charge in [-0.15, -0.1) is 12.4 Å². The van der Waals surface area contributed by atoms with Crippen molar-refractivity contribution in [2.75, 3.05) is 6.54 Å². The Morgan fingerprint density at radius 3 is 2.62 bits per heavy atom. The molecule has 2 heterocycles. The van der Waals surface area contributed by atoms with Crippen LogP contribution in [0, 0.1) is 5.82 Å². The van der Waals surface area contributed by atoms with Crippen LogP contribution in [0.25, 0.3) is 22.2 Å². The Labute approximate surface area is 155 Å². The van der Waals surface area contributed by atoms with E-state index in [0.29, 0.717) is 24.2 Å². The lowest BCUT2D eigenvalue weighted by Gasteiger charge is -2.11. The van der Waals surface area contributed by atoms with Crippen molar-refractivity contribution in [1.29, 1.82) is 0 Å². The molecule has 0 radical (unpaired) electrons. The molecular weight excluding hydrogens is 357 g/mol. The van der Waals surface area contributed by atoms with Gasteiger partial charge in [0, 0.05) is 18.5 Å². The average Bonchev–Trinajstić information content (AvgIpc) is 2.86. The number of aromatic nitrogens is 1. The number of para-hydroxylation sites is 1. The molecule has 1 aliphatic rings. The minimum Gasteiger partial charge on any atom is -0.382 e. The maximum atomic E-state index is 13.4. The smallest absolute Gasteiger partial charge is 0.253 e. The van der Waals surface area contributed by atoms with Crippen molar-refractivity contribution in [3.05, 3.63) is 59.4 Å². The van der Waals surface area contributed by atoms with E-state index in [1.807, 2.05) is 10.6 Å². The second-order valence-corrected chi connectivity index (χ2v) is 5.85. The Morgan fingerprint density at radius 2 is 1.92 bits per heavy atom. The predicted octanol–water partition coefficient (Wildman–Crippen LogP) is 2.19.